The van der Waals surface area contributed by atoms with Gasteiger partial charge in [0.1, 0.15) is 0 Å². The van der Waals surface area contributed by atoms with E-state index in [1.807, 2.05) is 35.2 Å². The molecule has 0 bridgehead atoms. The molecule has 2 aromatic carbocycles. The van der Waals surface area contributed by atoms with Gasteiger partial charge in [-0.2, -0.15) is 0 Å². The summed E-state index contributed by atoms with van der Waals surface area (Å²) in [5.41, 5.74) is 1.53. The first-order valence-corrected chi connectivity index (χ1v) is 18.7. The number of aliphatic carboxylic acids is 1. The van der Waals surface area contributed by atoms with Crippen molar-refractivity contribution >= 4 is 41.1 Å². The second-order valence-electron chi connectivity index (χ2n) is 14.2. The van der Waals surface area contributed by atoms with Crippen molar-refractivity contribution in [2.24, 2.45) is 5.92 Å². The van der Waals surface area contributed by atoms with Gasteiger partial charge in [-0.25, -0.2) is 4.79 Å². The molecule has 3 fully saturated rings. The van der Waals surface area contributed by atoms with E-state index in [1.165, 1.54) is 21.3 Å². The molecule has 6 rings (SSSR count). The predicted octanol–water partition coefficient (Wildman–Crippen LogP) is 6.09. The van der Waals surface area contributed by atoms with Gasteiger partial charge in [-0.3, -0.25) is 14.6 Å². The molecule has 3 amide bonds. The number of halogens is 2. The summed E-state index contributed by atoms with van der Waals surface area (Å²) in [6, 6.07) is 12.9. The van der Waals surface area contributed by atoms with Gasteiger partial charge in [-0.05, 0) is 92.6 Å². The number of hydrogen-bond acceptors (Lipinski definition) is 8. The lowest BCUT2D eigenvalue weighted by molar-refractivity contribution is -0.143. The van der Waals surface area contributed by atoms with Crippen molar-refractivity contribution in [2.75, 3.05) is 67.1 Å². The highest BCUT2D eigenvalue weighted by Gasteiger charge is 2.44. The van der Waals surface area contributed by atoms with E-state index in [2.05, 4.69) is 15.2 Å². The fraction of sp³-hybridized carbons (Fsp3) is 0.487. The average Bonchev–Trinajstić information content (AvgIpc) is 3.63. The van der Waals surface area contributed by atoms with E-state index in [4.69, 9.17) is 37.4 Å². The van der Waals surface area contributed by atoms with Crippen LogP contribution >= 0.6 is 23.2 Å². The van der Waals surface area contributed by atoms with E-state index < -0.39 is 17.4 Å². The number of amides is 3. The number of methoxy groups -OCH3 is 3. The van der Waals surface area contributed by atoms with Gasteiger partial charge in [-0.15, -0.1) is 0 Å². The van der Waals surface area contributed by atoms with Crippen LogP contribution in [0.4, 0.5) is 4.79 Å². The number of aromatic nitrogens is 1. The highest BCUT2D eigenvalue weighted by atomic mass is 35.5. The Balaban J connectivity index is 1.18. The summed E-state index contributed by atoms with van der Waals surface area (Å²) in [5, 5.41) is 13.7. The number of carbonyl (C=O) groups is 3. The van der Waals surface area contributed by atoms with Crippen molar-refractivity contribution in [3.8, 4) is 17.2 Å². The molecule has 1 atom stereocenters. The number of carbonyl (C=O) groups excluding carboxylic acids is 2. The molecule has 0 aliphatic carbocycles. The van der Waals surface area contributed by atoms with Crippen molar-refractivity contribution in [1.82, 2.24) is 25.0 Å². The zero-order valence-corrected chi connectivity index (χ0v) is 31.9. The van der Waals surface area contributed by atoms with Crippen LogP contribution in [0.5, 0.6) is 17.2 Å². The van der Waals surface area contributed by atoms with Crippen LogP contribution in [0.1, 0.15) is 60.0 Å². The summed E-state index contributed by atoms with van der Waals surface area (Å²) in [6.07, 6.45) is 7.30. The van der Waals surface area contributed by atoms with Gasteiger partial charge in [-0.1, -0.05) is 29.3 Å². The molecule has 284 valence electrons. The molecule has 3 aromatic rings. The smallest absolute Gasteiger partial charge is 0.318 e. The van der Waals surface area contributed by atoms with E-state index in [0.717, 1.165) is 43.6 Å². The Hall–Kier alpha value is -4.26. The minimum absolute atomic E-state index is 0.130. The predicted molar refractivity (Wildman–Crippen MR) is 201 cm³/mol. The van der Waals surface area contributed by atoms with Crippen LogP contribution in [0.2, 0.25) is 10.0 Å². The van der Waals surface area contributed by atoms with Crippen LogP contribution in [0.15, 0.2) is 54.9 Å². The van der Waals surface area contributed by atoms with Crippen LogP contribution in [0.3, 0.4) is 0 Å². The number of carboxylic acid groups (broad SMARTS) is 1. The number of nitrogens with zero attached hydrogens (tertiary/aromatic N) is 4. The maximum absolute atomic E-state index is 14.0. The van der Waals surface area contributed by atoms with E-state index in [-0.39, 0.29) is 17.4 Å². The summed E-state index contributed by atoms with van der Waals surface area (Å²) in [5.74, 6) is -0.0962. The van der Waals surface area contributed by atoms with E-state index >= 15 is 0 Å². The normalized spacial score (nSPS) is 20.5. The number of piperidine rings is 2. The van der Waals surface area contributed by atoms with Gasteiger partial charge in [0, 0.05) is 62.6 Å². The summed E-state index contributed by atoms with van der Waals surface area (Å²) >= 11 is 12.9. The van der Waals surface area contributed by atoms with Crippen molar-refractivity contribution in [1.29, 1.82) is 0 Å². The number of urea groups is 1. The second-order valence-corrected chi connectivity index (χ2v) is 15.1. The Morgan fingerprint density at radius 1 is 0.830 bits per heavy atom. The highest BCUT2D eigenvalue weighted by molar-refractivity contribution is 6.42. The second kappa shape index (κ2) is 16.4. The van der Waals surface area contributed by atoms with Crippen LogP contribution in [-0.2, 0) is 15.7 Å². The van der Waals surface area contributed by atoms with Gasteiger partial charge in [0.15, 0.2) is 11.5 Å². The molecule has 1 unspecified atom stereocenters. The van der Waals surface area contributed by atoms with Gasteiger partial charge >= 0.3 is 12.0 Å². The molecular formula is C39H47Cl2N5O7. The van der Waals surface area contributed by atoms with Gasteiger partial charge in [0.2, 0.25) is 5.75 Å². The van der Waals surface area contributed by atoms with Crippen molar-refractivity contribution in [2.45, 2.75) is 49.5 Å². The van der Waals surface area contributed by atoms with Crippen LogP contribution < -0.4 is 19.5 Å². The first-order chi connectivity index (χ1) is 25.5. The Bertz CT molecular complexity index is 1770. The number of hydrogen-bond donors (Lipinski definition) is 2. The van der Waals surface area contributed by atoms with Crippen LogP contribution in [-0.4, -0.2) is 110 Å². The lowest BCUT2D eigenvalue weighted by Gasteiger charge is -2.45. The minimum atomic E-state index is -0.804. The average molecular weight is 769 g/mol. The SMILES string of the molecule is COc1cc(C(=O)N2CCC(CCN3CCC(NC(=O)N4CCC(C(=O)O)CC4)(c4ccncc4)CC3)(c3ccc(Cl)c(Cl)c3)C2)cc(OC)c1OC. The highest BCUT2D eigenvalue weighted by Crippen LogP contribution is 2.43. The number of nitrogens with one attached hydrogen (secondary N) is 1. The van der Waals surface area contributed by atoms with Crippen molar-refractivity contribution in [3.05, 3.63) is 81.6 Å². The quantitative estimate of drug-likeness (QED) is 0.238. The molecule has 1 aromatic heterocycles. The zero-order valence-electron chi connectivity index (χ0n) is 30.4. The monoisotopic (exact) mass is 767 g/mol. The molecule has 2 N–H and O–H groups in total. The van der Waals surface area contributed by atoms with Gasteiger partial charge < -0.3 is 39.3 Å². The topological polar surface area (TPSA) is 134 Å². The van der Waals surface area contributed by atoms with Crippen molar-refractivity contribution < 1.29 is 33.7 Å². The Kier molecular flexibility index (Phi) is 11.9. The number of carboxylic acids is 1. The number of rotatable bonds is 11. The Morgan fingerprint density at radius 2 is 1.49 bits per heavy atom. The molecule has 4 heterocycles. The van der Waals surface area contributed by atoms with Crippen molar-refractivity contribution in [3.63, 3.8) is 0 Å². The zero-order chi connectivity index (χ0) is 37.8. The van der Waals surface area contributed by atoms with E-state index in [0.29, 0.717) is 84.7 Å². The standard InChI is InChI=1S/C39H47Cl2N5O7/c1-51-32-22-27(23-33(52-2)34(32)53-3)35(47)46-21-11-38(25-46,29-4-5-30(40)31(41)24-29)10-18-44-19-12-39(13-20-44,28-6-14-42-15-7-28)43-37(50)45-16-8-26(9-17-45)36(48)49/h4-7,14-15,22-24,26H,8-13,16-21,25H2,1-3H3,(H,43,50)(H,48,49). The molecule has 53 heavy (non-hydrogen) atoms. The molecule has 3 saturated heterocycles. The van der Waals surface area contributed by atoms with Crippen LogP contribution in [0.25, 0.3) is 0 Å². The fourth-order valence-electron chi connectivity index (χ4n) is 8.14. The van der Waals surface area contributed by atoms with Crippen LogP contribution in [0, 0.1) is 5.92 Å². The third-order valence-electron chi connectivity index (χ3n) is 11.4. The number of benzene rings is 2. The third-order valence-corrected chi connectivity index (χ3v) is 12.2. The molecule has 3 aliphatic heterocycles. The van der Waals surface area contributed by atoms with Gasteiger partial charge in [0.25, 0.3) is 5.91 Å². The number of ether oxygens (including phenoxy) is 3. The van der Waals surface area contributed by atoms with Gasteiger partial charge in [0.05, 0.1) is 42.8 Å². The Morgan fingerprint density at radius 3 is 2.08 bits per heavy atom. The largest absolute Gasteiger partial charge is 0.493 e. The molecular weight excluding hydrogens is 721 g/mol. The first kappa shape index (κ1) is 38.5. The summed E-state index contributed by atoms with van der Waals surface area (Å²) in [6.45, 7) is 4.13. The Labute approximate surface area is 320 Å². The minimum Gasteiger partial charge on any atom is -0.493 e. The molecule has 0 spiro atoms. The molecule has 14 heteroatoms. The maximum Gasteiger partial charge on any atom is 0.318 e. The summed E-state index contributed by atoms with van der Waals surface area (Å²) in [4.78, 5) is 49.4. The molecule has 12 nitrogen and oxygen atoms in total. The molecule has 0 saturated carbocycles. The fourth-order valence-corrected chi connectivity index (χ4v) is 8.44. The lowest BCUT2D eigenvalue weighted by atomic mass is 9.76. The molecule has 3 aliphatic rings. The third kappa shape index (κ3) is 8.14. The maximum atomic E-state index is 14.0. The van der Waals surface area contributed by atoms with E-state index in [9.17, 15) is 19.5 Å². The number of pyridine rings is 1. The summed E-state index contributed by atoms with van der Waals surface area (Å²) < 4.78 is 16.5. The number of likely N-dealkylation sites (tertiary alicyclic amines) is 3. The summed E-state index contributed by atoms with van der Waals surface area (Å²) in [7, 11) is 4.58. The van der Waals surface area contributed by atoms with E-state index in [1.54, 1.807) is 29.4 Å². The lowest BCUT2D eigenvalue weighted by Crippen LogP contribution is -2.57. The first-order valence-electron chi connectivity index (χ1n) is 18.0. The molecule has 0 radical (unpaired) electrons.